The SMILES string of the molecule is COCC1CCCC(=O)/C1=C\c1ccccc1. The van der Waals surface area contributed by atoms with Crippen LogP contribution in [0.5, 0.6) is 0 Å². The topological polar surface area (TPSA) is 26.3 Å². The van der Waals surface area contributed by atoms with Crippen LogP contribution in [-0.2, 0) is 9.53 Å². The highest BCUT2D eigenvalue weighted by Crippen LogP contribution is 2.28. The lowest BCUT2D eigenvalue weighted by molar-refractivity contribution is -0.117. The van der Waals surface area contributed by atoms with Crippen molar-refractivity contribution in [3.8, 4) is 0 Å². The number of benzene rings is 1. The van der Waals surface area contributed by atoms with Gasteiger partial charge in [0.05, 0.1) is 6.61 Å². The number of carbonyl (C=O) groups excluding carboxylic acids is 1. The summed E-state index contributed by atoms with van der Waals surface area (Å²) in [5.41, 5.74) is 2.03. The van der Waals surface area contributed by atoms with Crippen LogP contribution in [0.25, 0.3) is 6.08 Å². The van der Waals surface area contributed by atoms with Gasteiger partial charge in [-0.05, 0) is 24.5 Å². The van der Waals surface area contributed by atoms with Gasteiger partial charge in [0, 0.05) is 25.0 Å². The highest BCUT2D eigenvalue weighted by Gasteiger charge is 2.25. The standard InChI is InChI=1S/C15H18O2/c1-17-11-13-8-5-9-15(16)14(13)10-12-6-3-2-4-7-12/h2-4,6-7,10,13H,5,8-9,11H2,1H3/b14-10-. The van der Waals surface area contributed by atoms with Gasteiger partial charge in [-0.2, -0.15) is 0 Å². The zero-order chi connectivity index (χ0) is 12.1. The van der Waals surface area contributed by atoms with Gasteiger partial charge in [-0.15, -0.1) is 0 Å². The first-order valence-electron chi connectivity index (χ1n) is 6.10. The minimum absolute atomic E-state index is 0.265. The minimum atomic E-state index is 0.265. The number of carbonyl (C=O) groups is 1. The van der Waals surface area contributed by atoms with E-state index < -0.39 is 0 Å². The molecule has 0 N–H and O–H groups in total. The van der Waals surface area contributed by atoms with Crippen LogP contribution in [-0.4, -0.2) is 19.5 Å². The lowest BCUT2D eigenvalue weighted by Gasteiger charge is -2.23. The normalized spacial score (nSPS) is 23.0. The Labute approximate surface area is 102 Å². The summed E-state index contributed by atoms with van der Waals surface area (Å²) in [6.45, 7) is 0.643. The molecule has 1 saturated carbocycles. The van der Waals surface area contributed by atoms with Crippen LogP contribution in [0, 0.1) is 5.92 Å². The predicted octanol–water partition coefficient (Wildman–Crippen LogP) is 3.09. The van der Waals surface area contributed by atoms with Gasteiger partial charge in [0.25, 0.3) is 0 Å². The van der Waals surface area contributed by atoms with Crippen LogP contribution in [0.2, 0.25) is 0 Å². The Hall–Kier alpha value is -1.41. The van der Waals surface area contributed by atoms with Gasteiger partial charge in [-0.1, -0.05) is 30.3 Å². The van der Waals surface area contributed by atoms with E-state index in [0.717, 1.165) is 24.0 Å². The zero-order valence-corrected chi connectivity index (χ0v) is 10.2. The van der Waals surface area contributed by atoms with E-state index in [1.54, 1.807) is 7.11 Å². The van der Waals surface area contributed by atoms with Crippen LogP contribution in [0.4, 0.5) is 0 Å². The monoisotopic (exact) mass is 230 g/mol. The average Bonchev–Trinajstić information content (AvgIpc) is 2.35. The fraction of sp³-hybridized carbons (Fsp3) is 0.400. The minimum Gasteiger partial charge on any atom is -0.384 e. The highest BCUT2D eigenvalue weighted by atomic mass is 16.5. The molecular formula is C15H18O2. The Kier molecular flexibility index (Phi) is 4.10. The third kappa shape index (κ3) is 3.04. The molecule has 1 fully saturated rings. The Balaban J connectivity index is 2.25. The maximum Gasteiger partial charge on any atom is 0.159 e. The number of hydrogen-bond donors (Lipinski definition) is 0. The van der Waals surface area contributed by atoms with Crippen LogP contribution in [0.1, 0.15) is 24.8 Å². The van der Waals surface area contributed by atoms with Crippen molar-refractivity contribution in [3.63, 3.8) is 0 Å². The highest BCUT2D eigenvalue weighted by molar-refractivity contribution is 6.00. The molecule has 0 amide bonds. The molecule has 1 atom stereocenters. The van der Waals surface area contributed by atoms with E-state index in [4.69, 9.17) is 4.74 Å². The molecule has 2 rings (SSSR count). The Morgan fingerprint density at radius 3 is 2.82 bits per heavy atom. The molecule has 0 spiro atoms. The number of ether oxygens (including phenoxy) is 1. The first kappa shape index (κ1) is 12.1. The second-order valence-corrected chi connectivity index (χ2v) is 4.48. The molecule has 1 aromatic rings. The van der Waals surface area contributed by atoms with Crippen molar-refractivity contribution in [2.24, 2.45) is 5.92 Å². The molecule has 0 saturated heterocycles. The second kappa shape index (κ2) is 5.78. The molecule has 2 nitrogen and oxygen atoms in total. The summed E-state index contributed by atoms with van der Waals surface area (Å²) in [6, 6.07) is 10.0. The van der Waals surface area contributed by atoms with Gasteiger partial charge in [0.1, 0.15) is 0 Å². The van der Waals surface area contributed by atoms with Crippen LogP contribution >= 0.6 is 0 Å². The van der Waals surface area contributed by atoms with E-state index in [1.165, 1.54) is 0 Å². The third-order valence-electron chi connectivity index (χ3n) is 3.21. The molecule has 0 radical (unpaired) electrons. The summed E-state index contributed by atoms with van der Waals surface area (Å²) in [4.78, 5) is 12.0. The molecular weight excluding hydrogens is 212 g/mol. The van der Waals surface area contributed by atoms with E-state index in [-0.39, 0.29) is 11.7 Å². The number of hydrogen-bond acceptors (Lipinski definition) is 2. The van der Waals surface area contributed by atoms with Crippen molar-refractivity contribution < 1.29 is 9.53 Å². The van der Waals surface area contributed by atoms with Crippen molar-refractivity contribution in [1.82, 2.24) is 0 Å². The Morgan fingerprint density at radius 2 is 2.12 bits per heavy atom. The fourth-order valence-electron chi connectivity index (χ4n) is 2.34. The lowest BCUT2D eigenvalue weighted by Crippen LogP contribution is -2.22. The maximum atomic E-state index is 12.0. The first-order valence-corrected chi connectivity index (χ1v) is 6.10. The summed E-state index contributed by atoms with van der Waals surface area (Å²) < 4.78 is 5.20. The summed E-state index contributed by atoms with van der Waals surface area (Å²) in [5.74, 6) is 0.545. The largest absolute Gasteiger partial charge is 0.384 e. The van der Waals surface area contributed by atoms with Crippen molar-refractivity contribution >= 4 is 11.9 Å². The van der Waals surface area contributed by atoms with E-state index in [9.17, 15) is 4.79 Å². The summed E-state index contributed by atoms with van der Waals surface area (Å²) >= 11 is 0. The van der Waals surface area contributed by atoms with Gasteiger partial charge in [-0.25, -0.2) is 0 Å². The summed E-state index contributed by atoms with van der Waals surface area (Å²) in [7, 11) is 1.69. The van der Waals surface area contributed by atoms with Gasteiger partial charge in [0.15, 0.2) is 5.78 Å². The van der Waals surface area contributed by atoms with Crippen molar-refractivity contribution in [2.45, 2.75) is 19.3 Å². The molecule has 0 heterocycles. The first-order chi connectivity index (χ1) is 8.31. The number of Topliss-reactive ketones (excluding diaryl/α,β-unsaturated/α-hetero) is 1. The van der Waals surface area contributed by atoms with Crippen LogP contribution in [0.3, 0.4) is 0 Å². The van der Waals surface area contributed by atoms with Crippen LogP contribution in [0.15, 0.2) is 35.9 Å². The lowest BCUT2D eigenvalue weighted by atomic mass is 9.83. The average molecular weight is 230 g/mol. The summed E-state index contributed by atoms with van der Waals surface area (Å²) in [5, 5.41) is 0. The molecule has 0 aromatic heterocycles. The number of methoxy groups -OCH3 is 1. The van der Waals surface area contributed by atoms with Crippen molar-refractivity contribution in [3.05, 3.63) is 41.5 Å². The second-order valence-electron chi connectivity index (χ2n) is 4.48. The van der Waals surface area contributed by atoms with E-state index in [2.05, 4.69) is 0 Å². The summed E-state index contributed by atoms with van der Waals surface area (Å²) in [6.07, 6.45) is 4.74. The van der Waals surface area contributed by atoms with Gasteiger partial charge >= 0.3 is 0 Å². The molecule has 17 heavy (non-hydrogen) atoms. The van der Waals surface area contributed by atoms with Crippen molar-refractivity contribution in [2.75, 3.05) is 13.7 Å². The smallest absolute Gasteiger partial charge is 0.159 e. The van der Waals surface area contributed by atoms with Gasteiger partial charge in [-0.3, -0.25) is 4.79 Å². The molecule has 90 valence electrons. The molecule has 0 aliphatic heterocycles. The van der Waals surface area contributed by atoms with E-state index >= 15 is 0 Å². The number of ketones is 1. The molecule has 1 aliphatic carbocycles. The number of rotatable bonds is 3. The molecule has 2 heteroatoms. The van der Waals surface area contributed by atoms with E-state index in [0.29, 0.717) is 13.0 Å². The Bertz CT molecular complexity index is 404. The third-order valence-corrected chi connectivity index (χ3v) is 3.21. The van der Waals surface area contributed by atoms with Crippen LogP contribution < -0.4 is 0 Å². The molecule has 1 aliphatic rings. The quantitative estimate of drug-likeness (QED) is 0.746. The van der Waals surface area contributed by atoms with Gasteiger partial charge in [0.2, 0.25) is 0 Å². The fourth-order valence-corrected chi connectivity index (χ4v) is 2.34. The van der Waals surface area contributed by atoms with E-state index in [1.807, 2.05) is 36.4 Å². The molecule has 1 unspecified atom stereocenters. The maximum absolute atomic E-state index is 12.0. The zero-order valence-electron chi connectivity index (χ0n) is 10.2. The predicted molar refractivity (Wildman–Crippen MR) is 68.6 cm³/mol. The molecule has 0 bridgehead atoms. The molecule has 1 aromatic carbocycles. The Morgan fingerprint density at radius 1 is 1.35 bits per heavy atom. The van der Waals surface area contributed by atoms with Crippen molar-refractivity contribution in [1.29, 1.82) is 0 Å². The van der Waals surface area contributed by atoms with Gasteiger partial charge < -0.3 is 4.74 Å².